The first-order valence-corrected chi connectivity index (χ1v) is 12.3. The Morgan fingerprint density at radius 2 is 1.28 bits per heavy atom. The molecule has 1 unspecified atom stereocenters. The zero-order chi connectivity index (χ0) is 19.9. The molecule has 0 heterocycles. The van der Waals surface area contributed by atoms with Gasteiger partial charge in [0.05, 0.1) is 6.04 Å². The Morgan fingerprint density at radius 1 is 0.759 bits per heavy atom. The molecule has 1 aromatic carbocycles. The molecule has 2 heteroatoms. The second-order valence-corrected chi connectivity index (χ2v) is 9.71. The Hall–Kier alpha value is -1.30. The molecule has 0 spiro atoms. The van der Waals surface area contributed by atoms with Crippen molar-refractivity contribution in [3.63, 3.8) is 0 Å². The fourth-order valence-electron chi connectivity index (χ4n) is 5.91. The van der Waals surface area contributed by atoms with E-state index in [0.29, 0.717) is 12.1 Å². The molecule has 4 rings (SSSR count). The van der Waals surface area contributed by atoms with Gasteiger partial charge in [-0.25, -0.2) is 0 Å². The minimum absolute atomic E-state index is 0.119. The Balaban J connectivity index is 1.68. The van der Waals surface area contributed by atoms with E-state index in [1.807, 2.05) is 0 Å². The number of rotatable bonds is 4. The van der Waals surface area contributed by atoms with Gasteiger partial charge in [-0.1, -0.05) is 87.1 Å². The highest BCUT2D eigenvalue weighted by Gasteiger charge is 2.35. The maximum absolute atomic E-state index is 11.1. The third-order valence-corrected chi connectivity index (χ3v) is 7.53. The average molecular weight is 394 g/mol. The minimum Gasteiger partial charge on any atom is -0.378 e. The first-order valence-electron chi connectivity index (χ1n) is 12.3. The maximum atomic E-state index is 11.1. The molecule has 1 atom stereocenters. The van der Waals surface area contributed by atoms with Crippen LogP contribution in [0.5, 0.6) is 0 Å². The maximum Gasteiger partial charge on any atom is 0.125 e. The second kappa shape index (κ2) is 10.1. The third-order valence-electron chi connectivity index (χ3n) is 7.53. The van der Waals surface area contributed by atoms with E-state index < -0.39 is 5.60 Å². The molecular formula is C27H39NO. The molecule has 1 aromatic rings. The van der Waals surface area contributed by atoms with Gasteiger partial charge in [0.1, 0.15) is 5.60 Å². The minimum atomic E-state index is -0.768. The van der Waals surface area contributed by atoms with Crippen LogP contribution in [0.3, 0.4) is 0 Å². The number of aliphatic hydroxyl groups is 1. The topological polar surface area (TPSA) is 23.5 Å². The lowest BCUT2D eigenvalue weighted by molar-refractivity contribution is 0.0527. The van der Waals surface area contributed by atoms with E-state index >= 15 is 0 Å². The van der Waals surface area contributed by atoms with Gasteiger partial charge in [0.2, 0.25) is 0 Å². The summed E-state index contributed by atoms with van der Waals surface area (Å²) >= 11 is 0. The van der Waals surface area contributed by atoms with Crippen LogP contribution in [0.25, 0.3) is 0 Å². The normalized spacial score (nSPS) is 24.6. The van der Waals surface area contributed by atoms with Gasteiger partial charge in [0.25, 0.3) is 0 Å². The van der Waals surface area contributed by atoms with Gasteiger partial charge in [0.15, 0.2) is 0 Å². The van der Waals surface area contributed by atoms with Gasteiger partial charge in [-0.15, -0.1) is 0 Å². The summed E-state index contributed by atoms with van der Waals surface area (Å²) in [5, 5.41) is 11.1. The smallest absolute Gasteiger partial charge is 0.125 e. The van der Waals surface area contributed by atoms with Crippen LogP contribution >= 0.6 is 0 Å². The molecule has 3 fully saturated rings. The van der Waals surface area contributed by atoms with Crippen molar-refractivity contribution in [1.29, 1.82) is 0 Å². The van der Waals surface area contributed by atoms with E-state index in [2.05, 4.69) is 47.1 Å². The molecule has 0 bridgehead atoms. The molecule has 0 aromatic heterocycles. The van der Waals surface area contributed by atoms with Crippen molar-refractivity contribution in [3.8, 4) is 11.8 Å². The summed E-state index contributed by atoms with van der Waals surface area (Å²) in [5.41, 5.74) is 0.548. The van der Waals surface area contributed by atoms with Crippen LogP contribution in [0.1, 0.15) is 108 Å². The van der Waals surface area contributed by atoms with E-state index in [0.717, 1.165) is 25.7 Å². The van der Waals surface area contributed by atoms with Crippen molar-refractivity contribution >= 4 is 0 Å². The number of benzene rings is 1. The Labute approximate surface area is 178 Å². The van der Waals surface area contributed by atoms with Crippen LogP contribution < -0.4 is 0 Å². The van der Waals surface area contributed by atoms with Gasteiger partial charge in [-0.05, 0) is 56.9 Å². The monoisotopic (exact) mass is 393 g/mol. The molecule has 0 amide bonds. The number of nitrogens with zero attached hydrogens (tertiary/aromatic N) is 1. The second-order valence-electron chi connectivity index (χ2n) is 9.71. The Morgan fingerprint density at radius 3 is 1.83 bits per heavy atom. The van der Waals surface area contributed by atoms with Crippen LogP contribution in [-0.4, -0.2) is 27.7 Å². The molecule has 0 radical (unpaired) electrons. The van der Waals surface area contributed by atoms with E-state index in [1.54, 1.807) is 0 Å². The van der Waals surface area contributed by atoms with Crippen molar-refractivity contribution < 1.29 is 5.11 Å². The summed E-state index contributed by atoms with van der Waals surface area (Å²) in [5.74, 6) is 7.09. The van der Waals surface area contributed by atoms with Crippen LogP contribution in [0.2, 0.25) is 0 Å². The first-order chi connectivity index (χ1) is 14.3. The molecule has 3 aliphatic carbocycles. The van der Waals surface area contributed by atoms with Crippen LogP contribution in [0.4, 0.5) is 0 Å². The lowest BCUT2D eigenvalue weighted by atomic mass is 9.84. The summed E-state index contributed by atoms with van der Waals surface area (Å²) in [7, 11) is 0. The highest BCUT2D eigenvalue weighted by atomic mass is 16.3. The SMILES string of the molecule is OC1(C#CC(c2ccccc2)N(C2CCCCC2)C2CCCCC2)CCCCC1. The van der Waals surface area contributed by atoms with E-state index in [4.69, 9.17) is 0 Å². The van der Waals surface area contributed by atoms with Gasteiger partial charge in [0, 0.05) is 12.1 Å². The average Bonchev–Trinajstić information content (AvgIpc) is 2.79. The van der Waals surface area contributed by atoms with Gasteiger partial charge in [-0.2, -0.15) is 0 Å². The predicted octanol–water partition coefficient (Wildman–Crippen LogP) is 6.39. The predicted molar refractivity (Wildman–Crippen MR) is 121 cm³/mol. The molecular weight excluding hydrogens is 354 g/mol. The molecule has 3 aliphatic rings. The third kappa shape index (κ3) is 5.44. The largest absolute Gasteiger partial charge is 0.378 e. The van der Waals surface area contributed by atoms with Crippen molar-refractivity contribution in [2.24, 2.45) is 0 Å². The molecule has 2 nitrogen and oxygen atoms in total. The van der Waals surface area contributed by atoms with Gasteiger partial charge >= 0.3 is 0 Å². The summed E-state index contributed by atoms with van der Waals surface area (Å²) in [6, 6.07) is 12.3. The number of hydrogen-bond donors (Lipinski definition) is 1. The summed E-state index contributed by atoms with van der Waals surface area (Å²) < 4.78 is 0. The van der Waals surface area contributed by atoms with Crippen LogP contribution in [0.15, 0.2) is 30.3 Å². The zero-order valence-electron chi connectivity index (χ0n) is 18.1. The van der Waals surface area contributed by atoms with E-state index in [9.17, 15) is 5.11 Å². The lowest BCUT2D eigenvalue weighted by Gasteiger charge is -2.45. The first kappa shape index (κ1) is 21.0. The quantitative estimate of drug-likeness (QED) is 0.599. The van der Waals surface area contributed by atoms with Crippen molar-refractivity contribution in [1.82, 2.24) is 4.90 Å². The summed E-state index contributed by atoms with van der Waals surface area (Å²) in [6.07, 6.45) is 18.6. The Bertz CT molecular complexity index is 651. The standard InChI is InChI=1S/C27H39NO/c29-27(20-11-4-12-21-27)22-19-26(23-13-5-1-6-14-23)28(24-15-7-2-8-16-24)25-17-9-3-10-18-25/h1,5-6,13-14,24-26,29H,2-4,7-12,15-18,20-21H2. The zero-order valence-corrected chi connectivity index (χ0v) is 18.1. The van der Waals surface area contributed by atoms with E-state index in [-0.39, 0.29) is 6.04 Å². The van der Waals surface area contributed by atoms with Crippen LogP contribution in [-0.2, 0) is 0 Å². The van der Waals surface area contributed by atoms with Crippen molar-refractivity contribution in [2.75, 3.05) is 0 Å². The molecule has 1 N–H and O–H groups in total. The van der Waals surface area contributed by atoms with Crippen molar-refractivity contribution in [2.45, 2.75) is 120 Å². The fraction of sp³-hybridized carbons (Fsp3) is 0.704. The molecule has 3 saturated carbocycles. The highest BCUT2D eigenvalue weighted by Crippen LogP contribution is 2.37. The highest BCUT2D eigenvalue weighted by molar-refractivity contribution is 5.30. The van der Waals surface area contributed by atoms with E-state index in [1.165, 1.54) is 76.2 Å². The lowest BCUT2D eigenvalue weighted by Crippen LogP contribution is -2.47. The van der Waals surface area contributed by atoms with Gasteiger partial charge in [-0.3, -0.25) is 4.90 Å². The van der Waals surface area contributed by atoms with Crippen LogP contribution in [0, 0.1) is 11.8 Å². The fourth-order valence-corrected chi connectivity index (χ4v) is 5.91. The summed E-state index contributed by atoms with van der Waals surface area (Å²) in [4.78, 5) is 2.81. The molecule has 158 valence electrons. The molecule has 0 aliphatic heterocycles. The van der Waals surface area contributed by atoms with Gasteiger partial charge < -0.3 is 5.11 Å². The summed E-state index contributed by atoms with van der Waals surface area (Å²) in [6.45, 7) is 0. The molecule has 29 heavy (non-hydrogen) atoms. The number of hydrogen-bond acceptors (Lipinski definition) is 2. The Kier molecular flexibility index (Phi) is 7.33. The van der Waals surface area contributed by atoms with Crippen molar-refractivity contribution in [3.05, 3.63) is 35.9 Å². The molecule has 0 saturated heterocycles.